The molecule has 2 heterocycles. The number of methoxy groups -OCH3 is 1. The SMILES string of the molecule is COc1cccc(C2CN(S(=O)(=O)c3ccccc3)CC2CN2CCN(c3ccccc3)CC2)c1. The molecule has 2 fully saturated rings. The zero-order valence-electron chi connectivity index (χ0n) is 20.2. The molecule has 2 unspecified atom stereocenters. The van der Waals surface area contributed by atoms with Crippen LogP contribution in [0.4, 0.5) is 5.69 Å². The van der Waals surface area contributed by atoms with Crippen LogP contribution in [0.1, 0.15) is 11.5 Å². The lowest BCUT2D eigenvalue weighted by molar-refractivity contribution is 0.215. The first-order chi connectivity index (χ1) is 17.0. The summed E-state index contributed by atoms with van der Waals surface area (Å²) in [5.74, 6) is 1.14. The predicted molar refractivity (Wildman–Crippen MR) is 140 cm³/mol. The number of piperazine rings is 1. The predicted octanol–water partition coefficient (Wildman–Crippen LogP) is 3.92. The van der Waals surface area contributed by atoms with Crippen molar-refractivity contribution in [2.24, 2.45) is 5.92 Å². The van der Waals surface area contributed by atoms with Crippen molar-refractivity contribution in [1.29, 1.82) is 0 Å². The molecule has 0 bridgehead atoms. The Bertz CT molecular complexity index is 1210. The van der Waals surface area contributed by atoms with Gasteiger partial charge < -0.3 is 9.64 Å². The minimum absolute atomic E-state index is 0.121. The van der Waals surface area contributed by atoms with Gasteiger partial charge in [0, 0.05) is 57.4 Å². The van der Waals surface area contributed by atoms with Gasteiger partial charge in [-0.1, -0.05) is 48.5 Å². The van der Waals surface area contributed by atoms with E-state index in [4.69, 9.17) is 4.74 Å². The Morgan fingerprint density at radius 1 is 0.829 bits per heavy atom. The summed E-state index contributed by atoms with van der Waals surface area (Å²) in [6.07, 6.45) is 0. The lowest BCUT2D eigenvalue weighted by Crippen LogP contribution is -2.48. The van der Waals surface area contributed by atoms with Crippen molar-refractivity contribution in [2.45, 2.75) is 10.8 Å². The summed E-state index contributed by atoms with van der Waals surface area (Å²) in [4.78, 5) is 5.29. The van der Waals surface area contributed by atoms with Gasteiger partial charge in [-0.15, -0.1) is 0 Å². The van der Waals surface area contributed by atoms with Crippen molar-refractivity contribution in [1.82, 2.24) is 9.21 Å². The molecule has 5 rings (SSSR count). The number of nitrogens with zero attached hydrogens (tertiary/aromatic N) is 3. The first-order valence-electron chi connectivity index (χ1n) is 12.3. The number of rotatable bonds is 7. The van der Waals surface area contributed by atoms with Gasteiger partial charge in [0.05, 0.1) is 12.0 Å². The number of sulfonamides is 1. The smallest absolute Gasteiger partial charge is 0.243 e. The van der Waals surface area contributed by atoms with E-state index in [1.165, 1.54) is 5.69 Å². The largest absolute Gasteiger partial charge is 0.497 e. The van der Waals surface area contributed by atoms with Gasteiger partial charge in [-0.25, -0.2) is 8.42 Å². The average Bonchev–Trinajstić information content (AvgIpc) is 3.35. The van der Waals surface area contributed by atoms with Crippen molar-refractivity contribution in [3.8, 4) is 5.75 Å². The maximum Gasteiger partial charge on any atom is 0.243 e. The first-order valence-corrected chi connectivity index (χ1v) is 13.7. The molecule has 3 aromatic carbocycles. The van der Waals surface area contributed by atoms with E-state index in [2.05, 4.69) is 46.2 Å². The third-order valence-corrected chi connectivity index (χ3v) is 9.14. The lowest BCUT2D eigenvalue weighted by Gasteiger charge is -2.38. The fraction of sp³-hybridized carbons (Fsp3) is 0.357. The van der Waals surface area contributed by atoms with Gasteiger partial charge >= 0.3 is 0 Å². The molecule has 35 heavy (non-hydrogen) atoms. The van der Waals surface area contributed by atoms with Gasteiger partial charge in [0.25, 0.3) is 0 Å². The van der Waals surface area contributed by atoms with E-state index >= 15 is 0 Å². The summed E-state index contributed by atoms with van der Waals surface area (Å²) in [6.45, 7) is 5.80. The summed E-state index contributed by atoms with van der Waals surface area (Å²) >= 11 is 0. The molecule has 6 nitrogen and oxygen atoms in total. The van der Waals surface area contributed by atoms with E-state index in [-0.39, 0.29) is 11.8 Å². The van der Waals surface area contributed by atoms with Crippen LogP contribution in [0, 0.1) is 5.92 Å². The minimum Gasteiger partial charge on any atom is -0.497 e. The highest BCUT2D eigenvalue weighted by atomic mass is 32.2. The quantitative estimate of drug-likeness (QED) is 0.502. The average molecular weight is 492 g/mol. The van der Waals surface area contributed by atoms with Gasteiger partial charge in [-0.05, 0) is 47.9 Å². The van der Waals surface area contributed by atoms with Crippen LogP contribution in [0.25, 0.3) is 0 Å². The van der Waals surface area contributed by atoms with Gasteiger partial charge in [0.1, 0.15) is 5.75 Å². The molecular formula is C28H33N3O3S. The van der Waals surface area contributed by atoms with E-state index in [0.29, 0.717) is 18.0 Å². The molecule has 0 aliphatic carbocycles. The normalized spacial score (nSPS) is 21.8. The standard InChI is InChI=1S/C28H33N3O3S/c1-34-26-12-8-9-23(19-26)28-22-31(35(32,33)27-13-6-3-7-14-27)21-24(28)20-29-15-17-30(18-16-29)25-10-4-2-5-11-25/h2-14,19,24,28H,15-18,20-22H2,1H3. The van der Waals surface area contributed by atoms with Gasteiger partial charge in [-0.2, -0.15) is 4.31 Å². The van der Waals surface area contributed by atoms with Crippen molar-refractivity contribution >= 4 is 15.7 Å². The second-order valence-electron chi connectivity index (χ2n) is 9.40. The summed E-state index contributed by atoms with van der Waals surface area (Å²) in [5.41, 5.74) is 2.41. The molecule has 7 heteroatoms. The van der Waals surface area contributed by atoms with Crippen molar-refractivity contribution in [3.05, 3.63) is 90.5 Å². The van der Waals surface area contributed by atoms with Crippen LogP contribution >= 0.6 is 0 Å². The second kappa shape index (κ2) is 10.4. The molecule has 0 radical (unpaired) electrons. The van der Waals surface area contributed by atoms with Crippen LogP contribution in [0.15, 0.2) is 89.8 Å². The van der Waals surface area contributed by atoms with Crippen LogP contribution < -0.4 is 9.64 Å². The van der Waals surface area contributed by atoms with Crippen LogP contribution in [-0.2, 0) is 10.0 Å². The number of benzene rings is 3. The molecule has 0 aromatic heterocycles. The Balaban J connectivity index is 1.34. The van der Waals surface area contributed by atoms with Crippen molar-refractivity contribution < 1.29 is 13.2 Å². The number of para-hydroxylation sites is 1. The van der Waals surface area contributed by atoms with E-state index < -0.39 is 10.0 Å². The Hall–Kier alpha value is -2.87. The molecule has 2 saturated heterocycles. The molecule has 0 spiro atoms. The second-order valence-corrected chi connectivity index (χ2v) is 11.3. The number of ether oxygens (including phenoxy) is 1. The Labute approximate surface area is 208 Å². The van der Waals surface area contributed by atoms with Gasteiger partial charge in [0.2, 0.25) is 10.0 Å². The summed E-state index contributed by atoms with van der Waals surface area (Å²) in [6, 6.07) is 27.4. The maximum atomic E-state index is 13.5. The molecule has 0 amide bonds. The van der Waals surface area contributed by atoms with E-state index in [0.717, 1.165) is 44.0 Å². The highest BCUT2D eigenvalue weighted by molar-refractivity contribution is 7.89. The number of hydrogen-bond acceptors (Lipinski definition) is 5. The topological polar surface area (TPSA) is 53.1 Å². The summed E-state index contributed by atoms with van der Waals surface area (Å²) < 4.78 is 34.1. The van der Waals surface area contributed by atoms with Crippen molar-refractivity contribution in [2.75, 3.05) is 57.8 Å². The highest BCUT2D eigenvalue weighted by Crippen LogP contribution is 2.37. The summed E-state index contributed by atoms with van der Waals surface area (Å²) in [7, 11) is -1.87. The molecule has 2 aliphatic rings. The Kier molecular flexibility index (Phi) is 7.09. The Morgan fingerprint density at radius 3 is 2.20 bits per heavy atom. The third kappa shape index (κ3) is 5.22. The van der Waals surface area contributed by atoms with Crippen LogP contribution in [0.2, 0.25) is 0 Å². The van der Waals surface area contributed by atoms with Gasteiger partial charge in [-0.3, -0.25) is 4.90 Å². The van der Waals surface area contributed by atoms with E-state index in [1.807, 2.05) is 24.3 Å². The summed E-state index contributed by atoms with van der Waals surface area (Å²) in [5, 5.41) is 0. The zero-order chi connectivity index (χ0) is 24.3. The molecule has 0 N–H and O–H groups in total. The molecule has 0 saturated carbocycles. The highest BCUT2D eigenvalue weighted by Gasteiger charge is 2.41. The third-order valence-electron chi connectivity index (χ3n) is 7.30. The number of hydrogen-bond donors (Lipinski definition) is 0. The number of anilines is 1. The minimum atomic E-state index is -3.54. The van der Waals surface area contributed by atoms with Crippen LogP contribution in [0.3, 0.4) is 0 Å². The molecule has 184 valence electrons. The monoisotopic (exact) mass is 491 g/mol. The molecular weight excluding hydrogens is 458 g/mol. The lowest BCUT2D eigenvalue weighted by atomic mass is 9.88. The fourth-order valence-corrected chi connectivity index (χ4v) is 6.91. The molecule has 2 aliphatic heterocycles. The first kappa shape index (κ1) is 23.9. The van der Waals surface area contributed by atoms with Gasteiger partial charge in [0.15, 0.2) is 0 Å². The maximum absolute atomic E-state index is 13.5. The molecule has 2 atom stereocenters. The fourth-order valence-electron chi connectivity index (χ4n) is 5.36. The zero-order valence-corrected chi connectivity index (χ0v) is 21.0. The van der Waals surface area contributed by atoms with Crippen LogP contribution in [-0.4, -0.2) is 70.5 Å². The van der Waals surface area contributed by atoms with Crippen LogP contribution in [0.5, 0.6) is 5.75 Å². The van der Waals surface area contributed by atoms with E-state index in [1.54, 1.807) is 35.7 Å². The van der Waals surface area contributed by atoms with E-state index in [9.17, 15) is 8.42 Å². The molecule has 3 aromatic rings. The Morgan fingerprint density at radius 2 is 1.51 bits per heavy atom. The van der Waals surface area contributed by atoms with Crippen molar-refractivity contribution in [3.63, 3.8) is 0 Å².